The summed E-state index contributed by atoms with van der Waals surface area (Å²) in [5.74, 6) is 0.762. The molecule has 1 aliphatic carbocycles. The van der Waals surface area contributed by atoms with Crippen LogP contribution in [0.15, 0.2) is 29.2 Å². The molecule has 3 atom stereocenters. The highest BCUT2D eigenvalue weighted by Crippen LogP contribution is 2.37. The fraction of sp³-hybridized carbons (Fsp3) is 0.667. The summed E-state index contributed by atoms with van der Waals surface area (Å²) < 4.78 is 40.4. The first-order valence-corrected chi connectivity index (χ1v) is 11.9. The highest BCUT2D eigenvalue weighted by molar-refractivity contribution is 7.89. The molecule has 3 aliphatic rings. The Hall–Kier alpha value is -1.47. The monoisotopic (exact) mass is 408 g/mol. The minimum atomic E-state index is -3.70. The molecular formula is C21H29FN2O3S. The number of fused-ring (bicyclic) bond motifs is 1. The maximum Gasteiger partial charge on any atom is 0.243 e. The highest BCUT2D eigenvalue weighted by atomic mass is 32.2. The molecule has 0 aromatic heterocycles. The predicted molar refractivity (Wildman–Crippen MR) is 105 cm³/mol. The minimum absolute atomic E-state index is 0.0880. The lowest BCUT2D eigenvalue weighted by Gasteiger charge is -2.43. The number of sulfonamides is 1. The van der Waals surface area contributed by atoms with Crippen molar-refractivity contribution in [2.75, 3.05) is 26.2 Å². The summed E-state index contributed by atoms with van der Waals surface area (Å²) in [6.45, 7) is 2.28. The van der Waals surface area contributed by atoms with Crippen molar-refractivity contribution in [2.24, 2.45) is 17.8 Å². The maximum absolute atomic E-state index is 13.2. The van der Waals surface area contributed by atoms with Crippen LogP contribution in [0.5, 0.6) is 0 Å². The molecule has 5 nitrogen and oxygen atoms in total. The van der Waals surface area contributed by atoms with Gasteiger partial charge in [0.15, 0.2) is 0 Å². The fourth-order valence-electron chi connectivity index (χ4n) is 5.18. The Balaban J connectivity index is 1.43. The average molecular weight is 409 g/mol. The third-order valence-electron chi connectivity index (χ3n) is 6.79. The van der Waals surface area contributed by atoms with E-state index in [4.69, 9.17) is 0 Å². The molecule has 28 heavy (non-hydrogen) atoms. The van der Waals surface area contributed by atoms with E-state index < -0.39 is 15.8 Å². The lowest BCUT2D eigenvalue weighted by atomic mass is 9.75. The van der Waals surface area contributed by atoms with Crippen LogP contribution in [0.25, 0.3) is 0 Å². The van der Waals surface area contributed by atoms with Gasteiger partial charge in [-0.2, -0.15) is 4.31 Å². The van der Waals surface area contributed by atoms with E-state index >= 15 is 0 Å². The normalized spacial score (nSPS) is 29.3. The van der Waals surface area contributed by atoms with Gasteiger partial charge >= 0.3 is 0 Å². The van der Waals surface area contributed by atoms with Gasteiger partial charge in [0.25, 0.3) is 0 Å². The van der Waals surface area contributed by atoms with Gasteiger partial charge in [-0.3, -0.25) is 4.79 Å². The second-order valence-electron chi connectivity index (χ2n) is 8.53. The van der Waals surface area contributed by atoms with Crippen molar-refractivity contribution in [3.63, 3.8) is 0 Å². The molecule has 4 rings (SSSR count). The van der Waals surface area contributed by atoms with Crippen molar-refractivity contribution in [2.45, 2.75) is 49.8 Å². The molecule has 1 aromatic carbocycles. The van der Waals surface area contributed by atoms with Gasteiger partial charge in [0, 0.05) is 26.2 Å². The molecule has 1 saturated carbocycles. The van der Waals surface area contributed by atoms with Gasteiger partial charge in [0.05, 0.1) is 10.8 Å². The van der Waals surface area contributed by atoms with Crippen LogP contribution in [0, 0.1) is 23.6 Å². The van der Waals surface area contributed by atoms with Crippen LogP contribution >= 0.6 is 0 Å². The topological polar surface area (TPSA) is 57.7 Å². The average Bonchev–Trinajstić information content (AvgIpc) is 2.73. The third-order valence-corrected chi connectivity index (χ3v) is 8.67. The van der Waals surface area contributed by atoms with Crippen LogP contribution in [-0.2, 0) is 14.8 Å². The molecule has 0 bridgehead atoms. The number of benzene rings is 1. The number of hydrogen-bond donors (Lipinski definition) is 0. The Kier molecular flexibility index (Phi) is 5.74. The maximum atomic E-state index is 13.2. The quantitative estimate of drug-likeness (QED) is 0.771. The van der Waals surface area contributed by atoms with Gasteiger partial charge in [-0.15, -0.1) is 0 Å². The summed E-state index contributed by atoms with van der Waals surface area (Å²) >= 11 is 0. The number of carbonyl (C=O) groups excluding carboxylic acids is 1. The standard InChI is InChI=1S/C21H29FN2O3S/c22-19-7-9-20(10-8-19)28(26,27)24-12-3-6-18(15-24)21(25)23-13-11-16-4-1-2-5-17(16)14-23/h7-10,16-18H,1-6,11-15H2/t16-,17+,18-/m0/s1. The lowest BCUT2D eigenvalue weighted by molar-refractivity contribution is -0.139. The second kappa shape index (κ2) is 8.11. The van der Waals surface area contributed by atoms with E-state index in [9.17, 15) is 17.6 Å². The van der Waals surface area contributed by atoms with E-state index in [1.807, 2.05) is 4.90 Å². The van der Waals surface area contributed by atoms with Crippen molar-refractivity contribution in [3.8, 4) is 0 Å². The molecule has 0 unspecified atom stereocenters. The molecule has 0 N–H and O–H groups in total. The first kappa shape index (κ1) is 19.8. The van der Waals surface area contributed by atoms with E-state index in [2.05, 4.69) is 0 Å². The third kappa shape index (κ3) is 3.96. The fourth-order valence-corrected chi connectivity index (χ4v) is 6.70. The molecule has 0 spiro atoms. The van der Waals surface area contributed by atoms with Crippen LogP contribution < -0.4 is 0 Å². The molecule has 154 valence electrons. The van der Waals surface area contributed by atoms with Gasteiger partial charge < -0.3 is 4.90 Å². The van der Waals surface area contributed by atoms with Gasteiger partial charge in [-0.25, -0.2) is 12.8 Å². The van der Waals surface area contributed by atoms with Crippen molar-refractivity contribution < 1.29 is 17.6 Å². The Morgan fingerprint density at radius 2 is 1.61 bits per heavy atom. The van der Waals surface area contributed by atoms with Gasteiger partial charge in [-0.1, -0.05) is 19.3 Å². The Morgan fingerprint density at radius 3 is 2.36 bits per heavy atom. The molecule has 7 heteroatoms. The van der Waals surface area contributed by atoms with E-state index in [0.29, 0.717) is 18.9 Å². The van der Waals surface area contributed by atoms with Crippen molar-refractivity contribution in [3.05, 3.63) is 30.1 Å². The summed E-state index contributed by atoms with van der Waals surface area (Å²) in [4.78, 5) is 15.2. The molecule has 0 radical (unpaired) electrons. The second-order valence-corrected chi connectivity index (χ2v) is 10.5. The SMILES string of the molecule is O=C([C@H]1CCCN(S(=O)(=O)c2ccc(F)cc2)C1)N1CC[C@@H]2CCCC[C@@H]2C1. The summed E-state index contributed by atoms with van der Waals surface area (Å²) in [5.41, 5.74) is 0. The number of piperidine rings is 2. The first-order valence-electron chi connectivity index (χ1n) is 10.5. The van der Waals surface area contributed by atoms with Gasteiger partial charge in [0.1, 0.15) is 5.82 Å². The molecule has 2 heterocycles. The summed E-state index contributed by atoms with van der Waals surface area (Å²) in [5, 5.41) is 0. The number of amides is 1. The van der Waals surface area contributed by atoms with Crippen LogP contribution in [0.1, 0.15) is 44.9 Å². The van der Waals surface area contributed by atoms with Crippen LogP contribution in [0.2, 0.25) is 0 Å². The number of halogens is 1. The molecular weight excluding hydrogens is 379 g/mol. The Bertz CT molecular complexity index is 811. The van der Waals surface area contributed by atoms with Crippen LogP contribution in [-0.4, -0.2) is 49.7 Å². The molecule has 1 amide bonds. The number of likely N-dealkylation sites (tertiary alicyclic amines) is 1. The first-order chi connectivity index (χ1) is 13.4. The molecule has 2 saturated heterocycles. The Morgan fingerprint density at radius 1 is 0.893 bits per heavy atom. The Labute approximate surface area is 166 Å². The summed E-state index contributed by atoms with van der Waals surface area (Å²) in [6, 6.07) is 4.91. The van der Waals surface area contributed by atoms with E-state index in [0.717, 1.165) is 44.0 Å². The van der Waals surface area contributed by atoms with Crippen LogP contribution in [0.4, 0.5) is 4.39 Å². The molecule has 1 aromatic rings. The minimum Gasteiger partial charge on any atom is -0.342 e. The number of nitrogens with zero attached hydrogens (tertiary/aromatic N) is 2. The largest absolute Gasteiger partial charge is 0.342 e. The van der Waals surface area contributed by atoms with Crippen molar-refractivity contribution in [1.29, 1.82) is 0 Å². The number of rotatable bonds is 3. The highest BCUT2D eigenvalue weighted by Gasteiger charge is 2.38. The van der Waals surface area contributed by atoms with Gasteiger partial charge in [0.2, 0.25) is 15.9 Å². The van der Waals surface area contributed by atoms with E-state index in [-0.39, 0.29) is 23.3 Å². The van der Waals surface area contributed by atoms with Crippen molar-refractivity contribution >= 4 is 15.9 Å². The number of hydrogen-bond acceptors (Lipinski definition) is 3. The molecule has 3 fully saturated rings. The predicted octanol–water partition coefficient (Wildman–Crippen LogP) is 3.27. The van der Waals surface area contributed by atoms with Gasteiger partial charge in [-0.05, 0) is 61.8 Å². The van der Waals surface area contributed by atoms with E-state index in [1.165, 1.54) is 42.1 Å². The zero-order valence-corrected chi connectivity index (χ0v) is 17.0. The van der Waals surface area contributed by atoms with E-state index in [1.54, 1.807) is 0 Å². The lowest BCUT2D eigenvalue weighted by Crippen LogP contribution is -2.50. The van der Waals surface area contributed by atoms with Crippen molar-refractivity contribution in [1.82, 2.24) is 9.21 Å². The smallest absolute Gasteiger partial charge is 0.243 e. The zero-order chi connectivity index (χ0) is 19.7. The summed E-state index contributed by atoms with van der Waals surface area (Å²) in [6.07, 6.45) is 7.57. The number of carbonyl (C=O) groups is 1. The summed E-state index contributed by atoms with van der Waals surface area (Å²) in [7, 11) is -3.70. The van der Waals surface area contributed by atoms with Crippen LogP contribution in [0.3, 0.4) is 0 Å². The zero-order valence-electron chi connectivity index (χ0n) is 16.2. The molecule has 2 aliphatic heterocycles.